The second-order valence-electron chi connectivity index (χ2n) is 3.73. The Bertz CT molecular complexity index is 571. The fourth-order valence-electron chi connectivity index (χ4n) is 1.41. The number of hydrogen-bond donors (Lipinski definition) is 0. The maximum absolute atomic E-state index is 10.6. The van der Waals surface area contributed by atoms with Crippen molar-refractivity contribution in [1.29, 1.82) is 0 Å². The van der Waals surface area contributed by atoms with Gasteiger partial charge in [-0.05, 0) is 27.7 Å². The Morgan fingerprint density at radius 1 is 1.20 bits per heavy atom. The molecule has 0 bridgehead atoms. The summed E-state index contributed by atoms with van der Waals surface area (Å²) in [6.45, 7) is 2.11. The van der Waals surface area contributed by atoms with Gasteiger partial charge in [0.2, 0.25) is 0 Å². The van der Waals surface area contributed by atoms with Gasteiger partial charge in [0.15, 0.2) is 0 Å². The first-order chi connectivity index (χ1) is 9.67. The van der Waals surface area contributed by atoms with Crippen LogP contribution in [0.1, 0.15) is 18.1 Å². The summed E-state index contributed by atoms with van der Waals surface area (Å²) in [4.78, 5) is 14.1. The van der Waals surface area contributed by atoms with E-state index < -0.39 is 4.92 Å². The molecular weight excluding hydrogens is 367 g/mol. The molecule has 0 atom stereocenters. The Labute approximate surface area is 131 Å². The van der Waals surface area contributed by atoms with Crippen LogP contribution in [0.15, 0.2) is 48.8 Å². The standard InChI is InChI=1S/C13H10N2O2.C2H5I/c16-15(17)13-3-1-2-12(10-13)5-4-11-6-8-14-9-7-11;1-2-3/h1-10H;2H2,1H3/b5-4+;. The number of nitro groups is 1. The first-order valence-corrected chi connectivity index (χ1v) is 7.58. The molecule has 0 unspecified atom stereocenters. The van der Waals surface area contributed by atoms with E-state index in [1.165, 1.54) is 16.6 Å². The smallest absolute Gasteiger partial charge is 0.265 e. The lowest BCUT2D eigenvalue weighted by molar-refractivity contribution is -0.384. The molecule has 104 valence electrons. The first kappa shape index (κ1) is 16.3. The van der Waals surface area contributed by atoms with Crippen LogP contribution in [0.25, 0.3) is 12.2 Å². The molecule has 0 saturated heterocycles. The molecule has 1 aromatic heterocycles. The number of benzene rings is 1. The van der Waals surface area contributed by atoms with Gasteiger partial charge >= 0.3 is 0 Å². The van der Waals surface area contributed by atoms with Gasteiger partial charge in [0.25, 0.3) is 5.69 Å². The number of non-ortho nitro benzene ring substituents is 1. The number of rotatable bonds is 3. The van der Waals surface area contributed by atoms with E-state index >= 15 is 0 Å². The predicted molar refractivity (Wildman–Crippen MR) is 90.8 cm³/mol. The number of halogens is 1. The van der Waals surface area contributed by atoms with E-state index in [2.05, 4.69) is 34.5 Å². The molecule has 2 aromatic rings. The lowest BCUT2D eigenvalue weighted by Gasteiger charge is -1.94. The van der Waals surface area contributed by atoms with Gasteiger partial charge in [0.05, 0.1) is 4.92 Å². The van der Waals surface area contributed by atoms with Crippen LogP contribution in [-0.2, 0) is 0 Å². The van der Waals surface area contributed by atoms with Crippen LogP contribution in [-0.4, -0.2) is 14.3 Å². The van der Waals surface area contributed by atoms with E-state index in [9.17, 15) is 10.1 Å². The summed E-state index contributed by atoms with van der Waals surface area (Å²) in [5.74, 6) is 0. The van der Waals surface area contributed by atoms with Crippen molar-refractivity contribution in [2.45, 2.75) is 6.92 Å². The van der Waals surface area contributed by atoms with Crippen molar-refractivity contribution in [2.75, 3.05) is 4.43 Å². The first-order valence-electron chi connectivity index (χ1n) is 6.06. The van der Waals surface area contributed by atoms with Crippen LogP contribution < -0.4 is 0 Å². The van der Waals surface area contributed by atoms with Crippen molar-refractivity contribution in [3.63, 3.8) is 0 Å². The van der Waals surface area contributed by atoms with E-state index in [-0.39, 0.29) is 5.69 Å². The highest BCUT2D eigenvalue weighted by Crippen LogP contribution is 2.15. The maximum atomic E-state index is 10.6. The highest BCUT2D eigenvalue weighted by molar-refractivity contribution is 14.1. The van der Waals surface area contributed by atoms with Gasteiger partial charge in [-0.1, -0.05) is 53.8 Å². The van der Waals surface area contributed by atoms with E-state index in [1.54, 1.807) is 18.5 Å². The Kier molecular flexibility index (Phi) is 7.49. The molecule has 1 aromatic carbocycles. The van der Waals surface area contributed by atoms with Crippen LogP contribution in [0.5, 0.6) is 0 Å². The molecule has 0 N–H and O–H groups in total. The van der Waals surface area contributed by atoms with Crippen LogP contribution in [0.4, 0.5) is 5.69 Å². The highest BCUT2D eigenvalue weighted by Gasteiger charge is 2.03. The lowest BCUT2D eigenvalue weighted by Crippen LogP contribution is -1.87. The van der Waals surface area contributed by atoms with Crippen LogP contribution in [0, 0.1) is 10.1 Å². The Balaban J connectivity index is 0.000000612. The fourth-order valence-corrected chi connectivity index (χ4v) is 1.41. The zero-order valence-corrected chi connectivity index (χ0v) is 13.2. The average molecular weight is 382 g/mol. The van der Waals surface area contributed by atoms with Crippen molar-refractivity contribution >= 4 is 40.4 Å². The van der Waals surface area contributed by atoms with Crippen LogP contribution in [0.2, 0.25) is 0 Å². The summed E-state index contributed by atoms with van der Waals surface area (Å²) in [7, 11) is 0. The molecule has 4 nitrogen and oxygen atoms in total. The van der Waals surface area contributed by atoms with Gasteiger partial charge in [-0.25, -0.2) is 0 Å². The number of aromatic nitrogens is 1. The minimum atomic E-state index is -0.399. The summed E-state index contributed by atoms with van der Waals surface area (Å²) < 4.78 is 1.22. The molecule has 0 fully saturated rings. The number of nitro benzene ring substituents is 1. The van der Waals surface area contributed by atoms with E-state index in [1.807, 2.05) is 30.4 Å². The van der Waals surface area contributed by atoms with E-state index in [4.69, 9.17) is 0 Å². The molecule has 0 saturated carbocycles. The summed E-state index contributed by atoms with van der Waals surface area (Å²) in [5, 5.41) is 10.6. The van der Waals surface area contributed by atoms with Crippen molar-refractivity contribution in [3.05, 3.63) is 70.0 Å². The summed E-state index contributed by atoms with van der Waals surface area (Å²) in [6, 6.07) is 10.2. The molecule has 0 aliphatic carbocycles. The molecular formula is C15H15IN2O2. The number of pyridine rings is 1. The second-order valence-corrected chi connectivity index (χ2v) is 5.26. The molecule has 1 heterocycles. The van der Waals surface area contributed by atoms with Gasteiger partial charge in [0.1, 0.15) is 0 Å². The van der Waals surface area contributed by atoms with Crippen molar-refractivity contribution < 1.29 is 4.92 Å². The number of alkyl halides is 1. The zero-order chi connectivity index (χ0) is 14.8. The molecule has 5 heteroatoms. The predicted octanol–water partition coefficient (Wildman–Crippen LogP) is 4.60. The average Bonchev–Trinajstić information content (AvgIpc) is 2.47. The molecule has 0 aliphatic rings. The highest BCUT2D eigenvalue weighted by atomic mass is 127. The van der Waals surface area contributed by atoms with Crippen LogP contribution >= 0.6 is 22.6 Å². The van der Waals surface area contributed by atoms with Gasteiger partial charge in [0, 0.05) is 24.5 Å². The SMILES string of the molecule is CCI.O=[N+]([O-])c1cccc(/C=C/c2ccncc2)c1. The summed E-state index contributed by atoms with van der Waals surface area (Å²) in [5.41, 5.74) is 1.91. The normalized spacial score (nSPS) is 9.90. The molecule has 2 rings (SSSR count). The third-order valence-corrected chi connectivity index (χ3v) is 2.26. The van der Waals surface area contributed by atoms with E-state index in [0.29, 0.717) is 0 Å². The second kappa shape index (κ2) is 9.19. The molecule has 20 heavy (non-hydrogen) atoms. The Morgan fingerprint density at radius 3 is 2.40 bits per heavy atom. The van der Waals surface area contributed by atoms with Crippen molar-refractivity contribution in [2.24, 2.45) is 0 Å². The molecule has 0 amide bonds. The number of nitrogens with zero attached hydrogens (tertiary/aromatic N) is 2. The summed E-state index contributed by atoms with van der Waals surface area (Å²) >= 11 is 2.29. The van der Waals surface area contributed by atoms with Gasteiger partial charge in [-0.3, -0.25) is 15.1 Å². The quantitative estimate of drug-likeness (QED) is 0.337. The van der Waals surface area contributed by atoms with Crippen molar-refractivity contribution in [3.8, 4) is 0 Å². The minimum Gasteiger partial charge on any atom is -0.265 e. The molecule has 0 spiro atoms. The molecule has 0 radical (unpaired) electrons. The number of hydrogen-bond acceptors (Lipinski definition) is 3. The third-order valence-electron chi connectivity index (χ3n) is 2.26. The monoisotopic (exact) mass is 382 g/mol. The van der Waals surface area contributed by atoms with Gasteiger partial charge in [-0.2, -0.15) is 0 Å². The largest absolute Gasteiger partial charge is 0.270 e. The lowest BCUT2D eigenvalue weighted by atomic mass is 10.1. The third kappa shape index (κ3) is 5.92. The Morgan fingerprint density at radius 2 is 1.80 bits per heavy atom. The topological polar surface area (TPSA) is 56.0 Å². The maximum Gasteiger partial charge on any atom is 0.270 e. The van der Waals surface area contributed by atoms with E-state index in [0.717, 1.165) is 11.1 Å². The van der Waals surface area contributed by atoms with Gasteiger partial charge in [-0.15, -0.1) is 0 Å². The Hall–Kier alpha value is -1.76. The minimum absolute atomic E-state index is 0.0990. The zero-order valence-electron chi connectivity index (χ0n) is 11.1. The van der Waals surface area contributed by atoms with Crippen molar-refractivity contribution in [1.82, 2.24) is 4.98 Å². The fraction of sp³-hybridized carbons (Fsp3) is 0.133. The summed E-state index contributed by atoms with van der Waals surface area (Å²) in [6.07, 6.45) is 7.13. The molecule has 0 aliphatic heterocycles. The van der Waals surface area contributed by atoms with Gasteiger partial charge < -0.3 is 0 Å². The van der Waals surface area contributed by atoms with Crippen LogP contribution in [0.3, 0.4) is 0 Å².